The van der Waals surface area contributed by atoms with E-state index in [9.17, 15) is 30.0 Å². The van der Waals surface area contributed by atoms with Crippen molar-refractivity contribution in [1.82, 2.24) is 0 Å². The molecule has 1 aliphatic heterocycles. The lowest BCUT2D eigenvalue weighted by Crippen LogP contribution is -2.59. The van der Waals surface area contributed by atoms with Gasteiger partial charge >= 0.3 is 11.9 Å². The molecular weight excluding hydrogens is 688 g/mol. The third-order valence-electron chi connectivity index (χ3n) is 10.1. The average molecular weight is 769 g/mol. The van der Waals surface area contributed by atoms with Crippen molar-refractivity contribution in [2.75, 3.05) is 19.8 Å². The van der Waals surface area contributed by atoms with Crippen molar-refractivity contribution in [1.29, 1.82) is 0 Å². The van der Waals surface area contributed by atoms with E-state index in [1.54, 1.807) is 0 Å². The summed E-state index contributed by atoms with van der Waals surface area (Å²) < 4.78 is 22.1. The second kappa shape index (κ2) is 35.6. The number of unbranched alkanes of at least 4 members (excludes halogenated alkanes) is 21. The Balaban J connectivity index is 2.35. The first-order valence-electron chi connectivity index (χ1n) is 21.9. The van der Waals surface area contributed by atoms with E-state index in [0.717, 1.165) is 57.8 Å². The van der Waals surface area contributed by atoms with E-state index in [1.807, 2.05) is 0 Å². The first-order valence-corrected chi connectivity index (χ1v) is 21.9. The third-order valence-corrected chi connectivity index (χ3v) is 10.1. The van der Waals surface area contributed by atoms with Crippen LogP contribution in [0.2, 0.25) is 0 Å². The van der Waals surface area contributed by atoms with Crippen molar-refractivity contribution in [3.63, 3.8) is 0 Å². The maximum Gasteiger partial charge on any atom is 0.306 e. The molecule has 54 heavy (non-hydrogen) atoms. The molecular formula is C44H80O10. The molecule has 316 valence electrons. The van der Waals surface area contributed by atoms with Crippen LogP contribution in [-0.4, -0.2) is 89.0 Å². The molecule has 0 bridgehead atoms. The van der Waals surface area contributed by atoms with Gasteiger partial charge in [0, 0.05) is 12.8 Å². The SMILES string of the molecule is CCCCCC/C=C\C/C=C\CCCCCCCC(=O)OC(COC(=O)CCCCCCCCCCCCCCC)COC1OC(CO)C(O)C(O)C1O. The summed E-state index contributed by atoms with van der Waals surface area (Å²) in [5.74, 6) is -0.817. The number of aliphatic hydroxyl groups is 4. The van der Waals surface area contributed by atoms with Gasteiger partial charge in [-0.2, -0.15) is 0 Å². The van der Waals surface area contributed by atoms with Gasteiger partial charge in [-0.3, -0.25) is 9.59 Å². The van der Waals surface area contributed by atoms with E-state index < -0.39 is 49.4 Å². The minimum Gasteiger partial charge on any atom is -0.462 e. The van der Waals surface area contributed by atoms with E-state index in [1.165, 1.54) is 96.3 Å². The molecule has 0 aromatic rings. The van der Waals surface area contributed by atoms with Crippen LogP contribution >= 0.6 is 0 Å². The summed E-state index contributed by atoms with van der Waals surface area (Å²) in [6, 6.07) is 0. The summed E-state index contributed by atoms with van der Waals surface area (Å²) in [7, 11) is 0. The molecule has 1 saturated heterocycles. The van der Waals surface area contributed by atoms with Crippen molar-refractivity contribution < 1.29 is 49.0 Å². The fourth-order valence-corrected chi connectivity index (χ4v) is 6.57. The second-order valence-electron chi connectivity index (χ2n) is 15.2. The van der Waals surface area contributed by atoms with Crippen LogP contribution in [0.1, 0.15) is 187 Å². The summed E-state index contributed by atoms with van der Waals surface area (Å²) in [6.07, 6.45) is 30.4. The first-order chi connectivity index (χ1) is 26.3. The maximum atomic E-state index is 12.7. The number of hydrogen-bond acceptors (Lipinski definition) is 10. The molecule has 0 aliphatic carbocycles. The van der Waals surface area contributed by atoms with E-state index in [0.29, 0.717) is 6.42 Å². The van der Waals surface area contributed by atoms with Gasteiger partial charge in [-0.05, 0) is 44.9 Å². The number of aliphatic hydroxyl groups excluding tert-OH is 4. The number of allylic oxidation sites excluding steroid dienone is 4. The van der Waals surface area contributed by atoms with Gasteiger partial charge in [0.25, 0.3) is 0 Å². The molecule has 6 atom stereocenters. The molecule has 1 heterocycles. The predicted octanol–water partition coefficient (Wildman–Crippen LogP) is 8.94. The molecule has 10 nitrogen and oxygen atoms in total. The molecule has 1 rings (SSSR count). The van der Waals surface area contributed by atoms with Crippen LogP contribution in [0.5, 0.6) is 0 Å². The highest BCUT2D eigenvalue weighted by Gasteiger charge is 2.44. The summed E-state index contributed by atoms with van der Waals surface area (Å²) in [6.45, 7) is 3.39. The third kappa shape index (κ3) is 26.9. The predicted molar refractivity (Wildman–Crippen MR) is 215 cm³/mol. The van der Waals surface area contributed by atoms with Crippen molar-refractivity contribution >= 4 is 11.9 Å². The van der Waals surface area contributed by atoms with Crippen LogP contribution in [-0.2, 0) is 28.5 Å². The van der Waals surface area contributed by atoms with Crippen molar-refractivity contribution in [3.05, 3.63) is 24.3 Å². The topological polar surface area (TPSA) is 152 Å². The molecule has 6 unspecified atom stereocenters. The van der Waals surface area contributed by atoms with Gasteiger partial charge in [-0.1, -0.05) is 154 Å². The highest BCUT2D eigenvalue weighted by molar-refractivity contribution is 5.70. The van der Waals surface area contributed by atoms with Gasteiger partial charge < -0.3 is 39.4 Å². The number of ether oxygens (including phenoxy) is 4. The molecule has 0 aromatic heterocycles. The lowest BCUT2D eigenvalue weighted by Gasteiger charge is -2.39. The molecule has 0 spiro atoms. The normalized spacial score (nSPS) is 20.9. The van der Waals surface area contributed by atoms with Gasteiger partial charge in [-0.25, -0.2) is 0 Å². The Morgan fingerprint density at radius 3 is 1.56 bits per heavy atom. The minimum atomic E-state index is -1.59. The lowest BCUT2D eigenvalue weighted by molar-refractivity contribution is -0.305. The van der Waals surface area contributed by atoms with Gasteiger partial charge in [0.1, 0.15) is 31.0 Å². The molecule has 0 saturated carbocycles. The Morgan fingerprint density at radius 2 is 1.04 bits per heavy atom. The molecule has 1 fully saturated rings. The maximum absolute atomic E-state index is 12.7. The van der Waals surface area contributed by atoms with E-state index in [-0.39, 0.29) is 32.0 Å². The van der Waals surface area contributed by atoms with Crippen molar-refractivity contribution in [3.8, 4) is 0 Å². The largest absolute Gasteiger partial charge is 0.462 e. The standard InChI is InChI=1S/C44H80O10/c1-3-5-7-9-11-13-15-17-18-19-21-23-25-27-29-31-33-40(47)53-37(36-52-44-43(50)42(49)41(48)38(34-45)54-44)35-51-39(46)32-30-28-26-24-22-20-16-14-12-10-8-6-4-2/h13,15,18-19,37-38,41-45,48-50H,3-12,14,16-17,20-36H2,1-2H3/b15-13-,19-18-. The van der Waals surface area contributed by atoms with Crippen molar-refractivity contribution in [2.45, 2.75) is 224 Å². The minimum absolute atomic E-state index is 0.216. The molecule has 4 N–H and O–H groups in total. The fourth-order valence-electron chi connectivity index (χ4n) is 6.57. The average Bonchev–Trinajstić information content (AvgIpc) is 3.17. The Kier molecular flexibility index (Phi) is 33.1. The van der Waals surface area contributed by atoms with Crippen LogP contribution in [0.25, 0.3) is 0 Å². The fraction of sp³-hybridized carbons (Fsp3) is 0.864. The second-order valence-corrected chi connectivity index (χ2v) is 15.2. The highest BCUT2D eigenvalue weighted by atomic mass is 16.7. The Labute approximate surface area is 328 Å². The lowest BCUT2D eigenvalue weighted by atomic mass is 9.99. The first kappa shape index (κ1) is 50.2. The highest BCUT2D eigenvalue weighted by Crippen LogP contribution is 2.22. The van der Waals surface area contributed by atoms with Gasteiger partial charge in [0.15, 0.2) is 12.4 Å². The molecule has 0 amide bonds. The summed E-state index contributed by atoms with van der Waals surface area (Å²) in [4.78, 5) is 25.3. The monoisotopic (exact) mass is 769 g/mol. The number of esters is 2. The zero-order valence-electron chi connectivity index (χ0n) is 34.2. The molecule has 0 aromatic carbocycles. The zero-order chi connectivity index (χ0) is 39.5. The Bertz CT molecular complexity index is 938. The summed E-state index contributed by atoms with van der Waals surface area (Å²) in [5.41, 5.74) is 0. The molecule has 0 radical (unpaired) electrons. The van der Waals surface area contributed by atoms with E-state index in [2.05, 4.69) is 38.2 Å². The van der Waals surface area contributed by atoms with Crippen LogP contribution in [0.4, 0.5) is 0 Å². The number of hydrogen-bond donors (Lipinski definition) is 4. The number of rotatable bonds is 36. The van der Waals surface area contributed by atoms with E-state index >= 15 is 0 Å². The van der Waals surface area contributed by atoms with Crippen LogP contribution in [0.3, 0.4) is 0 Å². The van der Waals surface area contributed by atoms with Crippen molar-refractivity contribution in [2.24, 2.45) is 0 Å². The van der Waals surface area contributed by atoms with E-state index in [4.69, 9.17) is 18.9 Å². The van der Waals surface area contributed by atoms with Gasteiger partial charge in [0.05, 0.1) is 13.2 Å². The van der Waals surface area contributed by atoms with Crippen LogP contribution < -0.4 is 0 Å². The quantitative estimate of drug-likeness (QED) is 0.0276. The molecule has 1 aliphatic rings. The Morgan fingerprint density at radius 1 is 0.574 bits per heavy atom. The summed E-state index contributed by atoms with van der Waals surface area (Å²) in [5, 5.41) is 40.0. The van der Waals surface area contributed by atoms with Crippen LogP contribution in [0, 0.1) is 0 Å². The number of carbonyl (C=O) groups excluding carboxylic acids is 2. The smallest absolute Gasteiger partial charge is 0.306 e. The number of carbonyl (C=O) groups is 2. The van der Waals surface area contributed by atoms with Gasteiger partial charge in [-0.15, -0.1) is 0 Å². The summed E-state index contributed by atoms with van der Waals surface area (Å²) >= 11 is 0. The zero-order valence-corrected chi connectivity index (χ0v) is 34.2. The van der Waals surface area contributed by atoms with Crippen LogP contribution in [0.15, 0.2) is 24.3 Å². The van der Waals surface area contributed by atoms with Gasteiger partial charge in [0.2, 0.25) is 0 Å². The molecule has 10 heteroatoms. The Hall–Kier alpha value is -1.82.